The Bertz CT molecular complexity index is 530. The number of nitrogens with zero attached hydrogens (tertiary/aromatic N) is 1. The highest BCUT2D eigenvalue weighted by molar-refractivity contribution is 5.40. The van der Waals surface area contributed by atoms with E-state index in [1.807, 2.05) is 13.8 Å². The molecule has 0 radical (unpaired) electrons. The number of aliphatic hydroxyl groups excluding tert-OH is 1. The first-order valence-electron chi connectivity index (χ1n) is 7.43. The van der Waals surface area contributed by atoms with Gasteiger partial charge in [-0.3, -0.25) is 10.1 Å². The third kappa shape index (κ3) is 2.94. The van der Waals surface area contributed by atoms with Crippen molar-refractivity contribution in [2.75, 3.05) is 6.54 Å². The Labute approximate surface area is 125 Å². The summed E-state index contributed by atoms with van der Waals surface area (Å²) in [4.78, 5) is 10.8. The van der Waals surface area contributed by atoms with Gasteiger partial charge in [-0.25, -0.2) is 0 Å². The first-order valence-corrected chi connectivity index (χ1v) is 7.43. The highest BCUT2D eigenvalue weighted by atomic mass is 16.6. The summed E-state index contributed by atoms with van der Waals surface area (Å²) in [5, 5.41) is 22.0. The average molecular weight is 292 g/mol. The molecule has 0 spiro atoms. The number of aliphatic hydroxyl groups is 1. The van der Waals surface area contributed by atoms with Crippen LogP contribution < -0.4 is 5.73 Å². The molecule has 1 aromatic rings. The third-order valence-corrected chi connectivity index (χ3v) is 4.95. The predicted octanol–water partition coefficient (Wildman–Crippen LogP) is 2.65. The van der Waals surface area contributed by atoms with Gasteiger partial charge in [-0.2, -0.15) is 0 Å². The third-order valence-electron chi connectivity index (χ3n) is 4.95. The van der Waals surface area contributed by atoms with Crippen molar-refractivity contribution in [3.05, 3.63) is 39.9 Å². The second kappa shape index (κ2) is 5.73. The molecule has 21 heavy (non-hydrogen) atoms. The molecule has 1 saturated carbocycles. The number of nitro benzene ring substituents is 1. The van der Waals surface area contributed by atoms with Gasteiger partial charge < -0.3 is 10.8 Å². The molecule has 0 bridgehead atoms. The zero-order valence-electron chi connectivity index (χ0n) is 12.7. The van der Waals surface area contributed by atoms with E-state index in [1.165, 1.54) is 6.07 Å². The van der Waals surface area contributed by atoms with Crippen LogP contribution in [-0.2, 0) is 6.42 Å². The first-order chi connectivity index (χ1) is 9.82. The highest BCUT2D eigenvalue weighted by Gasteiger charge is 2.48. The van der Waals surface area contributed by atoms with Crippen LogP contribution >= 0.6 is 0 Å². The molecule has 5 nitrogen and oxygen atoms in total. The summed E-state index contributed by atoms with van der Waals surface area (Å²) in [6.45, 7) is 4.42. The molecule has 0 heterocycles. The van der Waals surface area contributed by atoms with Crippen molar-refractivity contribution >= 4 is 5.69 Å². The van der Waals surface area contributed by atoms with Crippen LogP contribution in [0.4, 0.5) is 5.69 Å². The SMILES string of the molecule is CC1(C)CCCC(CN)(Cc2ccccc2[N+](=O)[O-])C1O. The number of benzene rings is 1. The number of nitro groups is 1. The van der Waals surface area contributed by atoms with Gasteiger partial charge in [0.25, 0.3) is 5.69 Å². The van der Waals surface area contributed by atoms with Crippen molar-refractivity contribution in [3.63, 3.8) is 0 Å². The van der Waals surface area contributed by atoms with Crippen molar-refractivity contribution in [1.82, 2.24) is 0 Å². The Morgan fingerprint density at radius 1 is 1.38 bits per heavy atom. The fourth-order valence-corrected chi connectivity index (χ4v) is 3.69. The molecule has 1 aliphatic carbocycles. The minimum Gasteiger partial charge on any atom is -0.392 e. The maximum atomic E-state index is 11.2. The van der Waals surface area contributed by atoms with Gasteiger partial charge >= 0.3 is 0 Å². The van der Waals surface area contributed by atoms with Crippen molar-refractivity contribution in [2.45, 2.75) is 45.6 Å². The second-order valence-electron chi connectivity index (χ2n) is 6.87. The largest absolute Gasteiger partial charge is 0.392 e. The molecule has 0 aromatic heterocycles. The minimum atomic E-state index is -0.552. The smallest absolute Gasteiger partial charge is 0.272 e. The molecule has 0 amide bonds. The van der Waals surface area contributed by atoms with E-state index in [1.54, 1.807) is 18.2 Å². The van der Waals surface area contributed by atoms with Crippen LogP contribution in [0.25, 0.3) is 0 Å². The quantitative estimate of drug-likeness (QED) is 0.659. The van der Waals surface area contributed by atoms with Crippen molar-refractivity contribution in [1.29, 1.82) is 0 Å². The number of hydrogen-bond donors (Lipinski definition) is 2. The van der Waals surface area contributed by atoms with Gasteiger partial charge in [-0.1, -0.05) is 38.5 Å². The molecule has 116 valence electrons. The number of hydrogen-bond acceptors (Lipinski definition) is 4. The lowest BCUT2D eigenvalue weighted by Gasteiger charge is -2.49. The standard InChI is InChI=1S/C16H24N2O3/c1-15(2)8-5-9-16(11-17,14(15)19)10-12-6-3-4-7-13(12)18(20)21/h3-4,6-7,14,19H,5,8-11,17H2,1-2H3. The predicted molar refractivity (Wildman–Crippen MR) is 81.9 cm³/mol. The van der Waals surface area contributed by atoms with E-state index in [0.29, 0.717) is 18.5 Å². The highest BCUT2D eigenvalue weighted by Crippen LogP contribution is 2.48. The molecular formula is C16H24N2O3. The summed E-state index contributed by atoms with van der Waals surface area (Å²) in [5.74, 6) is 0. The van der Waals surface area contributed by atoms with Gasteiger partial charge in [0.15, 0.2) is 0 Å². The summed E-state index contributed by atoms with van der Waals surface area (Å²) in [7, 11) is 0. The van der Waals surface area contributed by atoms with Crippen LogP contribution in [0.3, 0.4) is 0 Å². The Kier molecular flexibility index (Phi) is 4.35. The molecule has 0 saturated heterocycles. The molecule has 2 unspecified atom stereocenters. The van der Waals surface area contributed by atoms with Crippen LogP contribution in [0.2, 0.25) is 0 Å². The summed E-state index contributed by atoms with van der Waals surface area (Å²) in [6.07, 6.45) is 2.64. The summed E-state index contributed by atoms with van der Waals surface area (Å²) < 4.78 is 0. The molecule has 2 atom stereocenters. The minimum absolute atomic E-state index is 0.112. The van der Waals surface area contributed by atoms with Crippen LogP contribution in [-0.4, -0.2) is 22.7 Å². The maximum Gasteiger partial charge on any atom is 0.272 e. The molecule has 1 aromatic carbocycles. The lowest BCUT2D eigenvalue weighted by atomic mass is 9.59. The Balaban J connectivity index is 2.37. The van der Waals surface area contributed by atoms with E-state index < -0.39 is 11.5 Å². The van der Waals surface area contributed by atoms with Crippen LogP contribution in [0.1, 0.15) is 38.7 Å². The normalized spacial score (nSPS) is 28.3. The van der Waals surface area contributed by atoms with Crippen molar-refractivity contribution in [3.8, 4) is 0 Å². The molecule has 1 aliphatic rings. The Hall–Kier alpha value is -1.46. The second-order valence-corrected chi connectivity index (χ2v) is 6.87. The molecular weight excluding hydrogens is 268 g/mol. The Morgan fingerprint density at radius 3 is 2.67 bits per heavy atom. The van der Waals surface area contributed by atoms with Gasteiger partial charge in [-0.15, -0.1) is 0 Å². The fraction of sp³-hybridized carbons (Fsp3) is 0.625. The van der Waals surface area contributed by atoms with Gasteiger partial charge in [0.1, 0.15) is 0 Å². The first kappa shape index (κ1) is 15.9. The fourth-order valence-electron chi connectivity index (χ4n) is 3.69. The lowest BCUT2D eigenvalue weighted by Crippen LogP contribution is -2.53. The average Bonchev–Trinajstić information content (AvgIpc) is 2.44. The monoisotopic (exact) mass is 292 g/mol. The number of nitrogens with two attached hydrogens (primary N) is 1. The van der Waals surface area contributed by atoms with E-state index in [4.69, 9.17) is 5.73 Å². The van der Waals surface area contributed by atoms with E-state index in [-0.39, 0.29) is 16.0 Å². The molecule has 1 fully saturated rings. The lowest BCUT2D eigenvalue weighted by molar-refractivity contribution is -0.385. The molecule has 0 aliphatic heterocycles. The molecule has 2 rings (SSSR count). The summed E-state index contributed by atoms with van der Waals surface area (Å²) >= 11 is 0. The van der Waals surface area contributed by atoms with E-state index in [9.17, 15) is 15.2 Å². The number of para-hydroxylation sites is 1. The maximum absolute atomic E-state index is 11.2. The Morgan fingerprint density at radius 2 is 2.05 bits per heavy atom. The van der Waals surface area contributed by atoms with E-state index in [0.717, 1.165) is 19.3 Å². The topological polar surface area (TPSA) is 89.4 Å². The van der Waals surface area contributed by atoms with Crippen LogP contribution in [0.15, 0.2) is 24.3 Å². The van der Waals surface area contributed by atoms with Crippen molar-refractivity contribution in [2.24, 2.45) is 16.6 Å². The number of rotatable bonds is 4. The summed E-state index contributed by atoms with van der Waals surface area (Å²) in [6, 6.07) is 6.74. The summed E-state index contributed by atoms with van der Waals surface area (Å²) in [5.41, 5.74) is 6.08. The van der Waals surface area contributed by atoms with Crippen LogP contribution in [0.5, 0.6) is 0 Å². The molecule has 3 N–H and O–H groups in total. The van der Waals surface area contributed by atoms with Gasteiger partial charge in [0.05, 0.1) is 11.0 Å². The molecule has 5 heteroatoms. The van der Waals surface area contributed by atoms with Crippen molar-refractivity contribution < 1.29 is 10.0 Å². The zero-order valence-corrected chi connectivity index (χ0v) is 12.7. The van der Waals surface area contributed by atoms with Gasteiger partial charge in [-0.05, 0) is 24.7 Å². The van der Waals surface area contributed by atoms with E-state index >= 15 is 0 Å². The zero-order chi connectivity index (χ0) is 15.7. The van der Waals surface area contributed by atoms with Gasteiger partial charge in [0.2, 0.25) is 0 Å². The van der Waals surface area contributed by atoms with Gasteiger partial charge in [0, 0.05) is 23.6 Å². The van der Waals surface area contributed by atoms with Crippen LogP contribution in [0, 0.1) is 20.9 Å². The van der Waals surface area contributed by atoms with E-state index in [2.05, 4.69) is 0 Å².